The molecule has 0 saturated heterocycles. The molecule has 0 amide bonds. The fraction of sp³-hybridized carbons (Fsp3) is 0.600. The Kier molecular flexibility index (Phi) is 4.47. The summed E-state index contributed by atoms with van der Waals surface area (Å²) >= 11 is 3.35. The number of hydrogen-bond donors (Lipinski definition) is 1. The maximum Gasteiger partial charge on any atom is 0.131 e. The molecule has 1 N–H and O–H groups in total. The molecule has 0 aromatic carbocycles. The van der Waals surface area contributed by atoms with Crippen molar-refractivity contribution < 1.29 is 0 Å². The van der Waals surface area contributed by atoms with Crippen LogP contribution in [0, 0.1) is 6.92 Å². The van der Waals surface area contributed by atoms with Crippen molar-refractivity contribution in [2.45, 2.75) is 19.9 Å². The molecule has 0 aliphatic rings. The van der Waals surface area contributed by atoms with E-state index >= 15 is 0 Å². The number of aromatic nitrogens is 2. The molecule has 5 heteroatoms. The van der Waals surface area contributed by atoms with E-state index in [1.54, 1.807) is 0 Å². The van der Waals surface area contributed by atoms with Gasteiger partial charge in [-0.2, -0.15) is 0 Å². The first-order valence-corrected chi connectivity index (χ1v) is 5.69. The normalized spacial score (nSPS) is 12.9. The average molecular weight is 273 g/mol. The molecule has 1 unspecified atom stereocenters. The maximum absolute atomic E-state index is 4.31. The van der Waals surface area contributed by atoms with Gasteiger partial charge in [0.05, 0.1) is 0 Å². The Hall–Kier alpha value is -0.680. The van der Waals surface area contributed by atoms with Crippen LogP contribution < -0.4 is 5.32 Å². The molecule has 4 nitrogen and oxygen atoms in total. The molecule has 0 saturated carbocycles. The molecular formula is C10H17BrN4. The first-order valence-electron chi connectivity index (χ1n) is 4.90. The third-order valence-corrected chi connectivity index (χ3v) is 2.25. The number of likely N-dealkylation sites (N-methyl/N-ethyl adjacent to an activating group) is 1. The van der Waals surface area contributed by atoms with Gasteiger partial charge in [0.1, 0.15) is 16.2 Å². The van der Waals surface area contributed by atoms with Crippen LogP contribution in [-0.4, -0.2) is 41.5 Å². The first-order chi connectivity index (χ1) is 6.97. The van der Waals surface area contributed by atoms with Gasteiger partial charge in [0.2, 0.25) is 0 Å². The van der Waals surface area contributed by atoms with Crippen molar-refractivity contribution in [3.63, 3.8) is 0 Å². The van der Waals surface area contributed by atoms with Crippen molar-refractivity contribution in [2.24, 2.45) is 0 Å². The summed E-state index contributed by atoms with van der Waals surface area (Å²) < 4.78 is 0.814. The molecule has 0 aliphatic heterocycles. The van der Waals surface area contributed by atoms with Gasteiger partial charge in [0.25, 0.3) is 0 Å². The van der Waals surface area contributed by atoms with Gasteiger partial charge < -0.3 is 10.2 Å². The molecule has 1 aromatic heterocycles. The zero-order valence-electron chi connectivity index (χ0n) is 9.58. The van der Waals surface area contributed by atoms with E-state index in [2.05, 4.69) is 57.1 Å². The third-order valence-electron chi connectivity index (χ3n) is 1.84. The van der Waals surface area contributed by atoms with Gasteiger partial charge in [0, 0.05) is 18.7 Å². The van der Waals surface area contributed by atoms with Gasteiger partial charge in [-0.15, -0.1) is 0 Å². The summed E-state index contributed by atoms with van der Waals surface area (Å²) in [5.74, 6) is 1.63. The van der Waals surface area contributed by atoms with Gasteiger partial charge >= 0.3 is 0 Å². The standard InChI is InChI=1S/C10H17BrN4/c1-7(6-15(3)4)12-10-5-9(11)13-8(2)14-10/h5,7H,6H2,1-4H3,(H,12,13,14). The summed E-state index contributed by atoms with van der Waals surface area (Å²) in [5.41, 5.74) is 0. The monoisotopic (exact) mass is 272 g/mol. The number of aryl methyl sites for hydroxylation is 1. The average Bonchev–Trinajstić information content (AvgIpc) is 1.98. The quantitative estimate of drug-likeness (QED) is 0.851. The zero-order chi connectivity index (χ0) is 11.4. The molecule has 15 heavy (non-hydrogen) atoms. The molecular weight excluding hydrogens is 256 g/mol. The second-order valence-electron chi connectivity index (χ2n) is 3.93. The van der Waals surface area contributed by atoms with Crippen molar-refractivity contribution in [3.05, 3.63) is 16.5 Å². The number of nitrogens with zero attached hydrogens (tertiary/aromatic N) is 3. The number of halogens is 1. The molecule has 0 fully saturated rings. The minimum Gasteiger partial charge on any atom is -0.366 e. The van der Waals surface area contributed by atoms with Crippen LogP contribution in [0.15, 0.2) is 10.7 Å². The fourth-order valence-electron chi connectivity index (χ4n) is 1.45. The lowest BCUT2D eigenvalue weighted by Crippen LogP contribution is -2.30. The molecule has 1 aromatic rings. The minimum absolute atomic E-state index is 0.362. The van der Waals surface area contributed by atoms with Gasteiger partial charge in [-0.25, -0.2) is 9.97 Å². The molecule has 0 radical (unpaired) electrons. The molecule has 0 spiro atoms. The van der Waals surface area contributed by atoms with Crippen molar-refractivity contribution in [3.8, 4) is 0 Å². The van der Waals surface area contributed by atoms with Gasteiger partial charge in [-0.1, -0.05) is 0 Å². The Morgan fingerprint density at radius 1 is 1.47 bits per heavy atom. The van der Waals surface area contributed by atoms with Crippen LogP contribution in [0.2, 0.25) is 0 Å². The second kappa shape index (κ2) is 5.42. The minimum atomic E-state index is 0.362. The molecule has 84 valence electrons. The van der Waals surface area contributed by atoms with E-state index in [0.29, 0.717) is 6.04 Å². The molecule has 0 bridgehead atoms. The topological polar surface area (TPSA) is 41.1 Å². The Morgan fingerprint density at radius 3 is 2.67 bits per heavy atom. The van der Waals surface area contributed by atoms with Crippen LogP contribution in [0.3, 0.4) is 0 Å². The summed E-state index contributed by atoms with van der Waals surface area (Å²) in [6, 6.07) is 2.25. The largest absolute Gasteiger partial charge is 0.366 e. The number of nitrogens with one attached hydrogen (secondary N) is 1. The van der Waals surface area contributed by atoms with Crippen LogP contribution in [0.1, 0.15) is 12.7 Å². The van der Waals surface area contributed by atoms with Crippen LogP contribution in [0.25, 0.3) is 0 Å². The molecule has 0 aliphatic carbocycles. The highest BCUT2D eigenvalue weighted by atomic mass is 79.9. The van der Waals surface area contributed by atoms with Crippen LogP contribution in [-0.2, 0) is 0 Å². The molecule has 1 heterocycles. The summed E-state index contributed by atoms with van der Waals surface area (Å²) in [6.45, 7) is 4.98. The van der Waals surface area contributed by atoms with E-state index in [9.17, 15) is 0 Å². The lowest BCUT2D eigenvalue weighted by molar-refractivity contribution is 0.392. The first kappa shape index (κ1) is 12.4. The number of hydrogen-bond acceptors (Lipinski definition) is 4. The number of rotatable bonds is 4. The fourth-order valence-corrected chi connectivity index (χ4v) is 1.92. The van der Waals surface area contributed by atoms with E-state index < -0.39 is 0 Å². The van der Waals surface area contributed by atoms with Gasteiger partial charge in [-0.05, 0) is 43.9 Å². The van der Waals surface area contributed by atoms with Crippen LogP contribution in [0.5, 0.6) is 0 Å². The van der Waals surface area contributed by atoms with Crippen molar-refractivity contribution >= 4 is 21.7 Å². The SMILES string of the molecule is Cc1nc(Br)cc(NC(C)CN(C)C)n1. The van der Waals surface area contributed by atoms with Gasteiger partial charge in [0.15, 0.2) is 0 Å². The predicted molar refractivity (Wildman–Crippen MR) is 66.1 cm³/mol. The Bertz CT molecular complexity index is 307. The van der Waals surface area contributed by atoms with Gasteiger partial charge in [-0.3, -0.25) is 0 Å². The Labute approximate surface area is 99.2 Å². The molecule has 1 atom stereocenters. The van der Waals surface area contributed by atoms with Crippen LogP contribution in [0.4, 0.5) is 5.82 Å². The predicted octanol–water partition coefficient (Wildman–Crippen LogP) is 1.91. The van der Waals surface area contributed by atoms with E-state index in [1.165, 1.54) is 0 Å². The lowest BCUT2D eigenvalue weighted by atomic mass is 10.3. The van der Waals surface area contributed by atoms with Crippen molar-refractivity contribution in [2.75, 3.05) is 26.0 Å². The summed E-state index contributed by atoms with van der Waals surface area (Å²) in [4.78, 5) is 10.6. The van der Waals surface area contributed by atoms with E-state index in [-0.39, 0.29) is 0 Å². The van der Waals surface area contributed by atoms with E-state index in [0.717, 1.165) is 22.8 Å². The highest BCUT2D eigenvalue weighted by Crippen LogP contribution is 2.12. The van der Waals surface area contributed by atoms with E-state index in [1.807, 2.05) is 13.0 Å². The van der Waals surface area contributed by atoms with Crippen molar-refractivity contribution in [1.82, 2.24) is 14.9 Å². The van der Waals surface area contributed by atoms with Crippen molar-refractivity contribution in [1.29, 1.82) is 0 Å². The smallest absolute Gasteiger partial charge is 0.131 e. The van der Waals surface area contributed by atoms with Crippen LogP contribution >= 0.6 is 15.9 Å². The summed E-state index contributed by atoms with van der Waals surface area (Å²) in [7, 11) is 4.11. The highest BCUT2D eigenvalue weighted by Gasteiger charge is 2.05. The lowest BCUT2D eigenvalue weighted by Gasteiger charge is -2.18. The zero-order valence-corrected chi connectivity index (χ0v) is 11.2. The Morgan fingerprint density at radius 2 is 2.13 bits per heavy atom. The summed E-state index contributed by atoms with van der Waals surface area (Å²) in [6.07, 6.45) is 0. The number of anilines is 1. The second-order valence-corrected chi connectivity index (χ2v) is 4.74. The summed E-state index contributed by atoms with van der Waals surface area (Å²) in [5, 5.41) is 3.33. The Balaban J connectivity index is 2.63. The maximum atomic E-state index is 4.31. The van der Waals surface area contributed by atoms with E-state index in [4.69, 9.17) is 0 Å². The molecule has 1 rings (SSSR count). The third kappa shape index (κ3) is 4.57. The highest BCUT2D eigenvalue weighted by molar-refractivity contribution is 9.10.